The summed E-state index contributed by atoms with van der Waals surface area (Å²) < 4.78 is 27.5. The highest BCUT2D eigenvalue weighted by atomic mass is 79.9. The summed E-state index contributed by atoms with van der Waals surface area (Å²) in [5, 5.41) is 27.5. The Kier molecular flexibility index (Phi) is 5.96. The fourth-order valence-electron chi connectivity index (χ4n) is 1.45. The molecule has 0 aliphatic heterocycles. The van der Waals surface area contributed by atoms with E-state index in [1.807, 2.05) is 0 Å². The van der Waals surface area contributed by atoms with Crippen LogP contribution in [0.15, 0.2) is 26.0 Å². The summed E-state index contributed by atoms with van der Waals surface area (Å²) in [7, 11) is -4.16. The van der Waals surface area contributed by atoms with Gasteiger partial charge in [-0.15, -0.1) is 0 Å². The number of rotatable bonds is 6. The minimum absolute atomic E-state index is 0.0264. The topological polar surface area (TPSA) is 133 Å². The van der Waals surface area contributed by atoms with E-state index in [2.05, 4.69) is 36.6 Å². The predicted octanol–water partition coefficient (Wildman–Crippen LogP) is -0.212. The summed E-state index contributed by atoms with van der Waals surface area (Å²) in [6, 6.07) is 2.89. The summed E-state index contributed by atoms with van der Waals surface area (Å²) in [6.45, 7) is -2.31. The molecule has 0 saturated carbocycles. The molecule has 0 unspecified atom stereocenters. The van der Waals surface area contributed by atoms with Crippen LogP contribution in [-0.2, 0) is 10.0 Å². The molecule has 0 aliphatic carbocycles. The van der Waals surface area contributed by atoms with Gasteiger partial charge in [0.15, 0.2) is 0 Å². The molecule has 0 aromatic heterocycles. The first-order valence-electron chi connectivity index (χ1n) is 5.32. The molecule has 0 heterocycles. The van der Waals surface area contributed by atoms with Crippen LogP contribution in [0.3, 0.4) is 0 Å². The molecule has 1 rings (SSSR count). The van der Waals surface area contributed by atoms with Crippen LogP contribution < -0.4 is 10.5 Å². The number of benzene rings is 1. The van der Waals surface area contributed by atoms with Crippen LogP contribution in [0.25, 0.3) is 0 Å². The van der Waals surface area contributed by atoms with Crippen LogP contribution in [0.5, 0.6) is 0 Å². The Balaban J connectivity index is 3.32. The maximum atomic E-state index is 12.3. The lowest BCUT2D eigenvalue weighted by Crippen LogP contribution is -2.56. The van der Waals surface area contributed by atoms with E-state index in [9.17, 15) is 23.7 Å². The van der Waals surface area contributed by atoms with E-state index in [4.69, 9.17) is 5.73 Å². The first kappa shape index (κ1) is 17.8. The standard InChI is InChI=1S/C10H14Br2N2O5S/c11-6-1-7(12)9(8(13)2-6)20(18,19)14-10(3-15,4-16)5-17/h1-2,14-17H,3-5,13H2. The molecule has 1 aromatic carbocycles. The van der Waals surface area contributed by atoms with E-state index < -0.39 is 35.4 Å². The number of aliphatic hydroxyl groups is 3. The van der Waals surface area contributed by atoms with E-state index in [0.29, 0.717) is 4.47 Å². The second-order valence-corrected chi connectivity index (χ2v) is 7.56. The minimum Gasteiger partial charge on any atom is -0.398 e. The lowest BCUT2D eigenvalue weighted by molar-refractivity contribution is 0.0582. The molecule has 1 aromatic rings. The van der Waals surface area contributed by atoms with E-state index >= 15 is 0 Å². The second-order valence-electron chi connectivity index (χ2n) is 4.17. The zero-order valence-electron chi connectivity index (χ0n) is 10.2. The molecule has 0 aliphatic rings. The number of halogens is 2. The maximum absolute atomic E-state index is 12.3. The number of hydrogen-bond donors (Lipinski definition) is 5. The van der Waals surface area contributed by atoms with Gasteiger partial charge in [0.2, 0.25) is 10.0 Å². The van der Waals surface area contributed by atoms with Gasteiger partial charge in [-0.2, -0.15) is 4.72 Å². The smallest absolute Gasteiger partial charge is 0.244 e. The summed E-state index contributed by atoms with van der Waals surface area (Å²) >= 11 is 6.26. The average molecular weight is 434 g/mol. The molecular formula is C10H14Br2N2O5S. The van der Waals surface area contributed by atoms with Gasteiger partial charge < -0.3 is 21.1 Å². The van der Waals surface area contributed by atoms with Crippen molar-refractivity contribution in [3.63, 3.8) is 0 Å². The number of hydrogen-bond acceptors (Lipinski definition) is 6. The van der Waals surface area contributed by atoms with Crippen LogP contribution in [0.4, 0.5) is 5.69 Å². The van der Waals surface area contributed by atoms with E-state index in [1.165, 1.54) is 12.1 Å². The molecule has 114 valence electrons. The Morgan fingerprint density at radius 1 is 1.15 bits per heavy atom. The number of anilines is 1. The van der Waals surface area contributed by atoms with Gasteiger partial charge in [-0.1, -0.05) is 15.9 Å². The molecule has 0 radical (unpaired) electrons. The largest absolute Gasteiger partial charge is 0.398 e. The normalized spacial score (nSPS) is 12.7. The Morgan fingerprint density at radius 3 is 2.05 bits per heavy atom. The first-order chi connectivity index (χ1) is 9.21. The van der Waals surface area contributed by atoms with Crippen molar-refractivity contribution >= 4 is 47.6 Å². The molecule has 0 amide bonds. The molecule has 0 saturated heterocycles. The van der Waals surface area contributed by atoms with Crippen LogP contribution >= 0.6 is 31.9 Å². The van der Waals surface area contributed by atoms with Gasteiger partial charge >= 0.3 is 0 Å². The van der Waals surface area contributed by atoms with Crippen molar-refractivity contribution < 1.29 is 23.7 Å². The first-order valence-corrected chi connectivity index (χ1v) is 8.39. The summed E-state index contributed by atoms with van der Waals surface area (Å²) in [5.41, 5.74) is 3.89. The van der Waals surface area contributed by atoms with Crippen molar-refractivity contribution in [3.05, 3.63) is 21.1 Å². The second kappa shape index (κ2) is 6.69. The van der Waals surface area contributed by atoms with Crippen molar-refractivity contribution in [2.75, 3.05) is 25.6 Å². The molecule has 10 heteroatoms. The van der Waals surface area contributed by atoms with E-state index in [0.717, 1.165) is 0 Å². The zero-order valence-corrected chi connectivity index (χ0v) is 14.2. The summed E-state index contributed by atoms with van der Waals surface area (Å²) in [4.78, 5) is -0.236. The highest BCUT2D eigenvalue weighted by Gasteiger charge is 2.35. The molecule has 0 fully saturated rings. The third-order valence-corrected chi connectivity index (χ3v) is 5.61. The number of nitrogen functional groups attached to an aromatic ring is 1. The van der Waals surface area contributed by atoms with Crippen molar-refractivity contribution in [3.8, 4) is 0 Å². The van der Waals surface area contributed by atoms with Crippen molar-refractivity contribution in [1.82, 2.24) is 4.72 Å². The Labute approximate surface area is 133 Å². The third kappa shape index (κ3) is 3.70. The number of nitrogens with one attached hydrogen (secondary N) is 1. The van der Waals surface area contributed by atoms with Gasteiger partial charge in [0.25, 0.3) is 0 Å². The van der Waals surface area contributed by atoms with Crippen molar-refractivity contribution in [1.29, 1.82) is 0 Å². The predicted molar refractivity (Wildman–Crippen MR) is 80.6 cm³/mol. The van der Waals surface area contributed by atoms with Gasteiger partial charge in [0, 0.05) is 8.95 Å². The van der Waals surface area contributed by atoms with Gasteiger partial charge in [0.05, 0.1) is 25.5 Å². The Hall–Kier alpha value is -0.230. The average Bonchev–Trinajstić information content (AvgIpc) is 2.34. The molecule has 0 spiro atoms. The molecule has 0 atom stereocenters. The Bertz CT molecular complexity index is 558. The summed E-state index contributed by atoms with van der Waals surface area (Å²) in [5.74, 6) is 0. The quantitative estimate of drug-likeness (QED) is 0.394. The van der Waals surface area contributed by atoms with Gasteiger partial charge in [-0.3, -0.25) is 0 Å². The van der Waals surface area contributed by atoms with Crippen LogP contribution in [0.2, 0.25) is 0 Å². The fraction of sp³-hybridized carbons (Fsp3) is 0.400. The molecule has 20 heavy (non-hydrogen) atoms. The maximum Gasteiger partial charge on any atom is 0.244 e. The highest BCUT2D eigenvalue weighted by Crippen LogP contribution is 2.32. The summed E-state index contributed by atoms with van der Waals surface area (Å²) in [6.07, 6.45) is 0. The number of aliphatic hydroxyl groups excluding tert-OH is 3. The fourth-order valence-corrected chi connectivity index (χ4v) is 4.89. The third-order valence-electron chi connectivity index (χ3n) is 2.56. The highest BCUT2D eigenvalue weighted by molar-refractivity contribution is 9.11. The monoisotopic (exact) mass is 432 g/mol. The zero-order chi connectivity index (χ0) is 15.6. The van der Waals surface area contributed by atoms with Gasteiger partial charge in [-0.25, -0.2) is 8.42 Å². The lowest BCUT2D eigenvalue weighted by atomic mass is 10.1. The van der Waals surface area contributed by atoms with Crippen molar-refractivity contribution in [2.45, 2.75) is 10.4 Å². The van der Waals surface area contributed by atoms with Gasteiger partial charge in [-0.05, 0) is 28.1 Å². The van der Waals surface area contributed by atoms with Crippen molar-refractivity contribution in [2.24, 2.45) is 0 Å². The van der Waals surface area contributed by atoms with E-state index in [-0.39, 0.29) is 15.1 Å². The minimum atomic E-state index is -4.16. The van der Waals surface area contributed by atoms with E-state index in [1.54, 1.807) is 0 Å². The lowest BCUT2D eigenvalue weighted by Gasteiger charge is -2.28. The molecule has 6 N–H and O–H groups in total. The molecule has 7 nitrogen and oxygen atoms in total. The van der Waals surface area contributed by atoms with Crippen LogP contribution in [0, 0.1) is 0 Å². The number of sulfonamides is 1. The molecular weight excluding hydrogens is 420 g/mol. The Morgan fingerprint density at radius 2 is 1.65 bits per heavy atom. The SMILES string of the molecule is Nc1cc(Br)cc(Br)c1S(=O)(=O)NC(CO)(CO)CO. The van der Waals surface area contributed by atoms with Gasteiger partial charge in [0.1, 0.15) is 10.4 Å². The van der Waals surface area contributed by atoms with Crippen LogP contribution in [-0.4, -0.2) is 49.1 Å². The molecule has 0 bridgehead atoms. The number of nitrogens with two attached hydrogens (primary N) is 1. The van der Waals surface area contributed by atoms with Crippen LogP contribution in [0.1, 0.15) is 0 Å².